The molecule has 3 aromatic rings. The second-order valence-electron chi connectivity index (χ2n) is 4.80. The fourth-order valence-electron chi connectivity index (χ4n) is 2.24. The lowest BCUT2D eigenvalue weighted by Gasteiger charge is -2.11. The molecule has 1 aromatic heterocycles. The Morgan fingerprint density at radius 1 is 1.00 bits per heavy atom. The summed E-state index contributed by atoms with van der Waals surface area (Å²) in [6, 6.07) is 15.6. The highest BCUT2D eigenvalue weighted by Crippen LogP contribution is 2.24. The summed E-state index contributed by atoms with van der Waals surface area (Å²) in [6.07, 6.45) is 0. The van der Waals surface area contributed by atoms with Gasteiger partial charge in [-0.2, -0.15) is 4.98 Å². The highest BCUT2D eigenvalue weighted by Gasteiger charge is 2.07. The summed E-state index contributed by atoms with van der Waals surface area (Å²) >= 11 is 0. The molecule has 0 spiro atoms. The van der Waals surface area contributed by atoms with Crippen molar-refractivity contribution in [2.45, 2.75) is 6.92 Å². The van der Waals surface area contributed by atoms with Crippen LogP contribution in [0.25, 0.3) is 10.9 Å². The van der Waals surface area contributed by atoms with Crippen LogP contribution in [-0.2, 0) is 0 Å². The van der Waals surface area contributed by atoms with E-state index >= 15 is 0 Å². The van der Waals surface area contributed by atoms with Crippen molar-refractivity contribution in [1.29, 1.82) is 0 Å². The molecule has 0 radical (unpaired) electrons. The number of hydrogen-bond donors (Lipinski definition) is 2. The SMILES string of the molecule is CCNc1nc(Nc2ccc(OC)cc2)nc2ccccc12. The summed E-state index contributed by atoms with van der Waals surface area (Å²) in [6.45, 7) is 2.86. The average Bonchev–Trinajstić information content (AvgIpc) is 2.56. The highest BCUT2D eigenvalue weighted by atomic mass is 16.5. The lowest BCUT2D eigenvalue weighted by Crippen LogP contribution is -2.04. The second kappa shape index (κ2) is 6.30. The van der Waals surface area contributed by atoms with Gasteiger partial charge in [-0.1, -0.05) is 12.1 Å². The Bertz CT molecular complexity index is 771. The molecule has 0 aliphatic carbocycles. The van der Waals surface area contributed by atoms with Gasteiger partial charge in [-0.15, -0.1) is 0 Å². The largest absolute Gasteiger partial charge is 0.497 e. The van der Waals surface area contributed by atoms with E-state index in [0.29, 0.717) is 5.95 Å². The third-order valence-electron chi connectivity index (χ3n) is 3.29. The molecule has 2 aromatic carbocycles. The Balaban J connectivity index is 1.95. The van der Waals surface area contributed by atoms with E-state index in [-0.39, 0.29) is 0 Å². The van der Waals surface area contributed by atoms with Crippen LogP contribution in [0.2, 0.25) is 0 Å². The number of ether oxygens (including phenoxy) is 1. The summed E-state index contributed by atoms with van der Waals surface area (Å²) in [5, 5.41) is 7.53. The quantitative estimate of drug-likeness (QED) is 0.749. The summed E-state index contributed by atoms with van der Waals surface area (Å²) in [4.78, 5) is 9.13. The molecule has 0 amide bonds. The molecular weight excluding hydrogens is 276 g/mol. The maximum atomic E-state index is 5.16. The van der Waals surface area contributed by atoms with Gasteiger partial charge in [0.15, 0.2) is 0 Å². The van der Waals surface area contributed by atoms with Gasteiger partial charge < -0.3 is 15.4 Å². The molecule has 0 aliphatic heterocycles. The van der Waals surface area contributed by atoms with Crippen LogP contribution in [0.3, 0.4) is 0 Å². The van der Waals surface area contributed by atoms with Crippen LogP contribution < -0.4 is 15.4 Å². The monoisotopic (exact) mass is 294 g/mol. The highest BCUT2D eigenvalue weighted by molar-refractivity contribution is 5.90. The van der Waals surface area contributed by atoms with Crippen LogP contribution in [0.4, 0.5) is 17.5 Å². The molecule has 0 fully saturated rings. The third kappa shape index (κ3) is 2.93. The third-order valence-corrected chi connectivity index (χ3v) is 3.29. The summed E-state index contributed by atoms with van der Waals surface area (Å²) in [5.41, 5.74) is 1.82. The van der Waals surface area contributed by atoms with Crippen LogP contribution in [0.15, 0.2) is 48.5 Å². The minimum Gasteiger partial charge on any atom is -0.497 e. The normalized spacial score (nSPS) is 10.5. The molecule has 22 heavy (non-hydrogen) atoms. The standard InChI is InChI=1S/C17H18N4O/c1-3-18-16-14-6-4-5-7-15(14)20-17(21-16)19-12-8-10-13(22-2)11-9-12/h4-11H,3H2,1-2H3,(H2,18,19,20,21). The fourth-order valence-corrected chi connectivity index (χ4v) is 2.24. The van der Waals surface area contributed by atoms with Gasteiger partial charge in [0.05, 0.1) is 12.6 Å². The number of methoxy groups -OCH3 is 1. The van der Waals surface area contributed by atoms with Gasteiger partial charge in [-0.25, -0.2) is 4.98 Å². The first-order valence-corrected chi connectivity index (χ1v) is 7.22. The van der Waals surface area contributed by atoms with Crippen molar-refractivity contribution >= 4 is 28.4 Å². The molecular formula is C17H18N4O. The molecule has 112 valence electrons. The molecule has 2 N–H and O–H groups in total. The first kappa shape index (κ1) is 14.1. The van der Waals surface area contributed by atoms with E-state index < -0.39 is 0 Å². The van der Waals surface area contributed by atoms with Crippen LogP contribution in [0.1, 0.15) is 6.92 Å². The van der Waals surface area contributed by atoms with Crippen molar-refractivity contribution in [3.05, 3.63) is 48.5 Å². The number of fused-ring (bicyclic) bond motifs is 1. The Hall–Kier alpha value is -2.82. The van der Waals surface area contributed by atoms with Crippen molar-refractivity contribution in [2.24, 2.45) is 0 Å². The lowest BCUT2D eigenvalue weighted by atomic mass is 10.2. The number of nitrogens with zero attached hydrogens (tertiary/aromatic N) is 2. The van der Waals surface area contributed by atoms with E-state index in [4.69, 9.17) is 4.74 Å². The van der Waals surface area contributed by atoms with Crippen molar-refractivity contribution in [3.63, 3.8) is 0 Å². The van der Waals surface area contributed by atoms with Gasteiger partial charge in [0, 0.05) is 17.6 Å². The average molecular weight is 294 g/mol. The van der Waals surface area contributed by atoms with Crippen molar-refractivity contribution in [1.82, 2.24) is 9.97 Å². The number of para-hydroxylation sites is 1. The Morgan fingerprint density at radius 3 is 2.50 bits per heavy atom. The number of aromatic nitrogens is 2. The predicted molar refractivity (Wildman–Crippen MR) is 90.0 cm³/mol. The van der Waals surface area contributed by atoms with Gasteiger partial charge in [0.25, 0.3) is 0 Å². The molecule has 5 heteroatoms. The van der Waals surface area contributed by atoms with Gasteiger partial charge in [-0.05, 0) is 43.3 Å². The topological polar surface area (TPSA) is 59.1 Å². The van der Waals surface area contributed by atoms with E-state index in [9.17, 15) is 0 Å². The molecule has 0 saturated heterocycles. The molecule has 0 saturated carbocycles. The maximum Gasteiger partial charge on any atom is 0.229 e. The fraction of sp³-hybridized carbons (Fsp3) is 0.176. The number of nitrogens with one attached hydrogen (secondary N) is 2. The number of anilines is 3. The van der Waals surface area contributed by atoms with E-state index in [1.807, 2.05) is 55.5 Å². The minimum atomic E-state index is 0.569. The van der Waals surface area contributed by atoms with E-state index in [1.165, 1.54) is 0 Å². The zero-order chi connectivity index (χ0) is 15.4. The van der Waals surface area contributed by atoms with Crippen molar-refractivity contribution < 1.29 is 4.74 Å². The molecule has 0 aliphatic rings. The Labute approximate surface area is 129 Å². The zero-order valence-corrected chi connectivity index (χ0v) is 12.6. The summed E-state index contributed by atoms with van der Waals surface area (Å²) in [7, 11) is 1.65. The molecule has 0 unspecified atom stereocenters. The van der Waals surface area contributed by atoms with E-state index in [0.717, 1.165) is 34.7 Å². The number of benzene rings is 2. The lowest BCUT2D eigenvalue weighted by molar-refractivity contribution is 0.415. The van der Waals surface area contributed by atoms with Crippen LogP contribution >= 0.6 is 0 Å². The first-order valence-electron chi connectivity index (χ1n) is 7.22. The van der Waals surface area contributed by atoms with Crippen LogP contribution in [0, 0.1) is 0 Å². The van der Waals surface area contributed by atoms with E-state index in [1.54, 1.807) is 7.11 Å². The number of rotatable bonds is 5. The maximum absolute atomic E-state index is 5.16. The first-order chi connectivity index (χ1) is 10.8. The van der Waals surface area contributed by atoms with Gasteiger partial charge in [0.1, 0.15) is 11.6 Å². The van der Waals surface area contributed by atoms with Crippen LogP contribution in [0.5, 0.6) is 5.75 Å². The Morgan fingerprint density at radius 2 is 1.77 bits per heavy atom. The smallest absolute Gasteiger partial charge is 0.229 e. The van der Waals surface area contributed by atoms with Gasteiger partial charge in [-0.3, -0.25) is 0 Å². The summed E-state index contributed by atoms with van der Waals surface area (Å²) in [5.74, 6) is 2.22. The molecule has 0 atom stereocenters. The van der Waals surface area contributed by atoms with Crippen molar-refractivity contribution in [2.75, 3.05) is 24.3 Å². The van der Waals surface area contributed by atoms with Crippen molar-refractivity contribution in [3.8, 4) is 5.75 Å². The number of hydrogen-bond acceptors (Lipinski definition) is 5. The molecule has 3 rings (SSSR count). The molecule has 1 heterocycles. The molecule has 5 nitrogen and oxygen atoms in total. The van der Waals surface area contributed by atoms with Gasteiger partial charge >= 0.3 is 0 Å². The molecule has 0 bridgehead atoms. The minimum absolute atomic E-state index is 0.569. The predicted octanol–water partition coefficient (Wildman–Crippen LogP) is 3.81. The van der Waals surface area contributed by atoms with Crippen LogP contribution in [-0.4, -0.2) is 23.6 Å². The second-order valence-corrected chi connectivity index (χ2v) is 4.80. The summed E-state index contributed by atoms with van der Waals surface area (Å²) < 4.78 is 5.16. The Kier molecular flexibility index (Phi) is 4.05. The zero-order valence-electron chi connectivity index (χ0n) is 12.6. The van der Waals surface area contributed by atoms with Gasteiger partial charge in [0.2, 0.25) is 5.95 Å². The van der Waals surface area contributed by atoms with E-state index in [2.05, 4.69) is 20.6 Å².